The summed E-state index contributed by atoms with van der Waals surface area (Å²) in [5, 5.41) is 0. The number of amides is 1. The molecular formula is C17H22N4O3. The molecule has 7 nitrogen and oxygen atoms in total. The molecule has 2 aromatic rings. The maximum absolute atomic E-state index is 11.4. The standard InChI is InChI=1S/C17H22N4O3/c1-23-12-5-6-13-14(10-12)20-16(11-19-13)24-9-3-8-21-7-2-4-15(21)17(18)22/h5-6,10-11,15H,2-4,7-9H2,1H3,(H2,18,22). The second-order valence-corrected chi connectivity index (χ2v) is 5.86. The first-order chi connectivity index (χ1) is 11.7. The Morgan fingerprint density at radius 1 is 1.42 bits per heavy atom. The number of methoxy groups -OCH3 is 1. The van der Waals surface area contributed by atoms with Crippen molar-refractivity contribution in [3.05, 3.63) is 24.4 Å². The van der Waals surface area contributed by atoms with Crippen molar-refractivity contribution >= 4 is 16.9 Å². The zero-order valence-electron chi connectivity index (χ0n) is 13.8. The third-order valence-corrected chi connectivity index (χ3v) is 4.26. The third-order valence-electron chi connectivity index (χ3n) is 4.26. The van der Waals surface area contributed by atoms with Gasteiger partial charge in [-0.05, 0) is 37.9 Å². The molecule has 1 unspecified atom stereocenters. The van der Waals surface area contributed by atoms with Crippen LogP contribution in [0.25, 0.3) is 11.0 Å². The summed E-state index contributed by atoms with van der Waals surface area (Å²) in [4.78, 5) is 22.3. The van der Waals surface area contributed by atoms with Gasteiger partial charge in [0.15, 0.2) is 0 Å². The number of nitrogens with two attached hydrogens (primary N) is 1. The largest absolute Gasteiger partial charge is 0.497 e. The second-order valence-electron chi connectivity index (χ2n) is 5.86. The first-order valence-electron chi connectivity index (χ1n) is 8.14. The monoisotopic (exact) mass is 330 g/mol. The highest BCUT2D eigenvalue weighted by atomic mass is 16.5. The average molecular weight is 330 g/mol. The van der Waals surface area contributed by atoms with Crippen LogP contribution in [0.2, 0.25) is 0 Å². The molecule has 0 aliphatic carbocycles. The molecule has 128 valence electrons. The number of nitrogens with zero attached hydrogens (tertiary/aromatic N) is 3. The van der Waals surface area contributed by atoms with Gasteiger partial charge in [0.05, 0.1) is 37.0 Å². The number of benzene rings is 1. The minimum atomic E-state index is -0.234. The normalized spacial score (nSPS) is 18.0. The summed E-state index contributed by atoms with van der Waals surface area (Å²) >= 11 is 0. The van der Waals surface area contributed by atoms with E-state index in [1.807, 2.05) is 18.2 Å². The van der Waals surface area contributed by atoms with Crippen molar-refractivity contribution in [3.8, 4) is 11.6 Å². The number of likely N-dealkylation sites (tertiary alicyclic amines) is 1. The van der Waals surface area contributed by atoms with Crippen LogP contribution in [-0.2, 0) is 4.79 Å². The minimum Gasteiger partial charge on any atom is -0.497 e. The lowest BCUT2D eigenvalue weighted by Crippen LogP contribution is -2.40. The van der Waals surface area contributed by atoms with Crippen LogP contribution >= 0.6 is 0 Å². The third kappa shape index (κ3) is 3.73. The zero-order valence-corrected chi connectivity index (χ0v) is 13.8. The first-order valence-corrected chi connectivity index (χ1v) is 8.14. The predicted octanol–water partition coefficient (Wildman–Crippen LogP) is 1.36. The Hall–Kier alpha value is -2.41. The Morgan fingerprint density at radius 2 is 2.29 bits per heavy atom. The van der Waals surface area contributed by atoms with Crippen molar-refractivity contribution in [1.29, 1.82) is 0 Å². The lowest BCUT2D eigenvalue weighted by molar-refractivity contribution is -0.122. The molecule has 1 saturated heterocycles. The van der Waals surface area contributed by atoms with E-state index in [1.165, 1.54) is 0 Å². The van der Waals surface area contributed by atoms with Crippen molar-refractivity contribution in [1.82, 2.24) is 14.9 Å². The van der Waals surface area contributed by atoms with E-state index in [-0.39, 0.29) is 11.9 Å². The number of carbonyl (C=O) groups is 1. The van der Waals surface area contributed by atoms with E-state index >= 15 is 0 Å². The summed E-state index contributed by atoms with van der Waals surface area (Å²) in [6, 6.07) is 5.42. The maximum Gasteiger partial charge on any atom is 0.234 e. The lowest BCUT2D eigenvalue weighted by Gasteiger charge is -2.21. The molecule has 1 atom stereocenters. The van der Waals surface area contributed by atoms with Gasteiger partial charge in [-0.3, -0.25) is 9.69 Å². The highest BCUT2D eigenvalue weighted by Gasteiger charge is 2.28. The molecule has 24 heavy (non-hydrogen) atoms. The average Bonchev–Trinajstić information content (AvgIpc) is 3.07. The SMILES string of the molecule is COc1ccc2ncc(OCCCN3CCCC3C(N)=O)nc2c1. The van der Waals surface area contributed by atoms with E-state index in [9.17, 15) is 4.79 Å². The number of ether oxygens (including phenoxy) is 2. The molecular weight excluding hydrogens is 308 g/mol. The molecule has 2 heterocycles. The highest BCUT2D eigenvalue weighted by molar-refractivity contribution is 5.80. The Kier molecular flexibility index (Phi) is 5.10. The van der Waals surface area contributed by atoms with Crippen LogP contribution < -0.4 is 15.2 Å². The van der Waals surface area contributed by atoms with Crippen LogP contribution in [0.4, 0.5) is 0 Å². The van der Waals surface area contributed by atoms with E-state index in [4.69, 9.17) is 15.2 Å². The van der Waals surface area contributed by atoms with Crippen LogP contribution in [0, 0.1) is 0 Å². The molecule has 2 N–H and O–H groups in total. The van der Waals surface area contributed by atoms with Crippen LogP contribution in [-0.4, -0.2) is 53.6 Å². The number of hydrogen-bond donors (Lipinski definition) is 1. The van der Waals surface area contributed by atoms with E-state index < -0.39 is 0 Å². The second kappa shape index (κ2) is 7.44. The number of rotatable bonds is 7. The molecule has 3 rings (SSSR count). The quantitative estimate of drug-likeness (QED) is 0.771. The van der Waals surface area contributed by atoms with E-state index in [1.54, 1.807) is 13.3 Å². The van der Waals surface area contributed by atoms with E-state index in [2.05, 4.69) is 14.9 Å². The molecule has 0 saturated carbocycles. The summed E-state index contributed by atoms with van der Waals surface area (Å²) < 4.78 is 10.9. The molecule has 0 radical (unpaired) electrons. The molecule has 1 aliphatic rings. The molecule has 1 aromatic carbocycles. The molecule has 1 amide bonds. The maximum atomic E-state index is 11.4. The Balaban J connectivity index is 1.53. The summed E-state index contributed by atoms with van der Waals surface area (Å²) in [5.74, 6) is 0.992. The zero-order chi connectivity index (χ0) is 16.9. The summed E-state index contributed by atoms with van der Waals surface area (Å²) in [7, 11) is 1.62. The van der Waals surface area contributed by atoms with Crippen molar-refractivity contribution in [2.24, 2.45) is 5.73 Å². The van der Waals surface area contributed by atoms with Crippen molar-refractivity contribution in [2.45, 2.75) is 25.3 Å². The number of fused-ring (bicyclic) bond motifs is 1. The molecule has 0 bridgehead atoms. The summed E-state index contributed by atoms with van der Waals surface area (Å²) in [6.07, 6.45) is 4.30. The molecule has 1 aliphatic heterocycles. The Bertz CT molecular complexity index is 722. The van der Waals surface area contributed by atoms with Crippen LogP contribution in [0.5, 0.6) is 11.6 Å². The van der Waals surface area contributed by atoms with Crippen LogP contribution in [0.3, 0.4) is 0 Å². The van der Waals surface area contributed by atoms with Gasteiger partial charge >= 0.3 is 0 Å². The number of hydrogen-bond acceptors (Lipinski definition) is 6. The van der Waals surface area contributed by atoms with E-state index in [0.717, 1.165) is 49.1 Å². The number of primary amides is 1. The molecule has 1 fully saturated rings. The smallest absolute Gasteiger partial charge is 0.234 e. The Morgan fingerprint density at radius 3 is 3.08 bits per heavy atom. The first kappa shape index (κ1) is 16.4. The minimum absolute atomic E-state index is 0.127. The fraction of sp³-hybridized carbons (Fsp3) is 0.471. The van der Waals surface area contributed by atoms with Gasteiger partial charge in [0.2, 0.25) is 11.8 Å². The summed E-state index contributed by atoms with van der Waals surface area (Å²) in [6.45, 7) is 2.23. The molecule has 1 aromatic heterocycles. The predicted molar refractivity (Wildman–Crippen MR) is 90.0 cm³/mol. The molecule has 0 spiro atoms. The van der Waals surface area contributed by atoms with Gasteiger partial charge in [0.1, 0.15) is 5.75 Å². The van der Waals surface area contributed by atoms with Crippen LogP contribution in [0.15, 0.2) is 24.4 Å². The fourth-order valence-electron chi connectivity index (χ4n) is 3.03. The Labute approximate surface area is 140 Å². The van der Waals surface area contributed by atoms with Gasteiger partial charge in [-0.15, -0.1) is 0 Å². The highest BCUT2D eigenvalue weighted by Crippen LogP contribution is 2.20. The topological polar surface area (TPSA) is 90.6 Å². The van der Waals surface area contributed by atoms with Gasteiger partial charge in [-0.2, -0.15) is 0 Å². The van der Waals surface area contributed by atoms with Crippen molar-refractivity contribution in [3.63, 3.8) is 0 Å². The van der Waals surface area contributed by atoms with Crippen molar-refractivity contribution in [2.75, 3.05) is 26.8 Å². The van der Waals surface area contributed by atoms with Gasteiger partial charge in [-0.1, -0.05) is 0 Å². The van der Waals surface area contributed by atoms with Gasteiger partial charge in [-0.25, -0.2) is 9.97 Å². The van der Waals surface area contributed by atoms with Gasteiger partial charge < -0.3 is 15.2 Å². The number of aromatic nitrogens is 2. The van der Waals surface area contributed by atoms with Gasteiger partial charge in [0.25, 0.3) is 0 Å². The number of carbonyl (C=O) groups excluding carboxylic acids is 1. The molecule has 7 heteroatoms. The summed E-state index contributed by atoms with van der Waals surface area (Å²) in [5.41, 5.74) is 6.95. The lowest BCUT2D eigenvalue weighted by atomic mass is 10.2. The fourth-order valence-corrected chi connectivity index (χ4v) is 3.03. The van der Waals surface area contributed by atoms with Gasteiger partial charge in [0, 0.05) is 12.6 Å². The van der Waals surface area contributed by atoms with Crippen LogP contribution in [0.1, 0.15) is 19.3 Å². The van der Waals surface area contributed by atoms with E-state index in [0.29, 0.717) is 12.5 Å². The van der Waals surface area contributed by atoms with Crippen molar-refractivity contribution < 1.29 is 14.3 Å².